The molecule has 0 N–H and O–H groups in total. The van der Waals surface area contributed by atoms with Crippen LogP contribution in [0.1, 0.15) is 22.8 Å². The molecule has 3 heterocycles. The quantitative estimate of drug-likeness (QED) is 0.643. The van der Waals surface area contributed by atoms with Gasteiger partial charge in [0.2, 0.25) is 11.7 Å². The molecule has 3 aromatic heterocycles. The Hall–Kier alpha value is -2.35. The molecule has 0 bridgehead atoms. The molecule has 0 saturated carbocycles. The van der Waals surface area contributed by atoms with Gasteiger partial charge in [0.1, 0.15) is 5.69 Å². The lowest BCUT2D eigenvalue weighted by Gasteiger charge is -1.96. The van der Waals surface area contributed by atoms with Crippen molar-refractivity contribution >= 4 is 17.6 Å². The van der Waals surface area contributed by atoms with Gasteiger partial charge < -0.3 is 4.52 Å². The standard InChI is InChI=1S/C12H11N5O2S/c18-8-9-7-17(16-14-9)5-1-4-11-13-12(15-19-11)10-3-2-6-20-10/h2-3,6-8H,1,4-5H2. The van der Waals surface area contributed by atoms with Crippen LogP contribution < -0.4 is 0 Å². The van der Waals surface area contributed by atoms with Crippen LogP contribution in [0.5, 0.6) is 0 Å². The SMILES string of the molecule is O=Cc1cn(CCCc2nc(-c3cccs3)no2)nn1. The van der Waals surface area contributed by atoms with E-state index in [4.69, 9.17) is 4.52 Å². The molecular formula is C12H11N5O2S. The smallest absolute Gasteiger partial charge is 0.227 e. The van der Waals surface area contributed by atoms with Crippen molar-refractivity contribution in [3.8, 4) is 10.7 Å². The number of aryl methyl sites for hydroxylation is 2. The van der Waals surface area contributed by atoms with Crippen molar-refractivity contribution < 1.29 is 9.32 Å². The first kappa shape index (κ1) is 12.7. The van der Waals surface area contributed by atoms with Crippen LogP contribution in [-0.4, -0.2) is 31.4 Å². The zero-order valence-corrected chi connectivity index (χ0v) is 11.3. The fourth-order valence-electron chi connectivity index (χ4n) is 1.73. The predicted octanol–water partition coefficient (Wildman–Crippen LogP) is 1.83. The number of carbonyl (C=O) groups excluding carboxylic acids is 1. The van der Waals surface area contributed by atoms with Gasteiger partial charge in [0.15, 0.2) is 6.29 Å². The minimum atomic E-state index is 0.336. The molecule has 0 aliphatic rings. The van der Waals surface area contributed by atoms with Gasteiger partial charge in [-0.1, -0.05) is 16.4 Å². The Morgan fingerprint density at radius 2 is 2.40 bits per heavy atom. The van der Waals surface area contributed by atoms with Crippen LogP contribution in [0.2, 0.25) is 0 Å². The molecule has 3 rings (SSSR count). The first-order chi connectivity index (χ1) is 9.85. The first-order valence-electron chi connectivity index (χ1n) is 6.07. The fourth-order valence-corrected chi connectivity index (χ4v) is 2.38. The van der Waals surface area contributed by atoms with Crippen molar-refractivity contribution in [2.45, 2.75) is 19.4 Å². The van der Waals surface area contributed by atoms with Gasteiger partial charge in [-0.2, -0.15) is 4.98 Å². The molecule has 0 fully saturated rings. The second-order valence-corrected chi connectivity index (χ2v) is 5.06. The molecule has 102 valence electrons. The van der Waals surface area contributed by atoms with Gasteiger partial charge in [-0.05, 0) is 17.9 Å². The fraction of sp³-hybridized carbons (Fsp3) is 0.250. The molecule has 20 heavy (non-hydrogen) atoms. The van der Waals surface area contributed by atoms with Crippen LogP contribution in [-0.2, 0) is 13.0 Å². The summed E-state index contributed by atoms with van der Waals surface area (Å²) in [5, 5.41) is 13.4. The maximum atomic E-state index is 10.5. The number of hydrogen-bond acceptors (Lipinski definition) is 7. The van der Waals surface area contributed by atoms with E-state index >= 15 is 0 Å². The van der Waals surface area contributed by atoms with Gasteiger partial charge in [0.25, 0.3) is 0 Å². The molecule has 0 radical (unpaired) electrons. The minimum absolute atomic E-state index is 0.336. The Bertz CT molecular complexity index is 688. The molecule has 0 spiro atoms. The summed E-state index contributed by atoms with van der Waals surface area (Å²) in [5.74, 6) is 1.23. The van der Waals surface area contributed by atoms with Gasteiger partial charge in [0, 0.05) is 13.0 Å². The Kier molecular flexibility index (Phi) is 3.64. The monoisotopic (exact) mass is 289 g/mol. The lowest BCUT2D eigenvalue weighted by atomic mass is 10.3. The maximum Gasteiger partial charge on any atom is 0.227 e. The number of aromatic nitrogens is 5. The summed E-state index contributed by atoms with van der Waals surface area (Å²) < 4.78 is 6.82. The molecule has 0 amide bonds. The van der Waals surface area contributed by atoms with E-state index in [1.165, 1.54) is 0 Å². The first-order valence-corrected chi connectivity index (χ1v) is 6.95. The van der Waals surface area contributed by atoms with E-state index < -0.39 is 0 Å². The summed E-state index contributed by atoms with van der Waals surface area (Å²) in [6.45, 7) is 0.650. The van der Waals surface area contributed by atoms with Crippen molar-refractivity contribution in [3.63, 3.8) is 0 Å². The maximum absolute atomic E-state index is 10.5. The molecule has 0 aliphatic heterocycles. The number of hydrogen-bond donors (Lipinski definition) is 0. The molecule has 0 saturated heterocycles. The Morgan fingerprint density at radius 3 is 3.15 bits per heavy atom. The highest BCUT2D eigenvalue weighted by molar-refractivity contribution is 7.13. The van der Waals surface area contributed by atoms with Crippen molar-refractivity contribution in [2.75, 3.05) is 0 Å². The van der Waals surface area contributed by atoms with Crippen molar-refractivity contribution in [3.05, 3.63) is 35.3 Å². The van der Waals surface area contributed by atoms with Gasteiger partial charge in [-0.15, -0.1) is 16.4 Å². The normalized spacial score (nSPS) is 10.8. The molecule has 7 nitrogen and oxygen atoms in total. The Labute approximate surface area is 118 Å². The molecule has 0 unspecified atom stereocenters. The van der Waals surface area contributed by atoms with E-state index in [-0.39, 0.29) is 0 Å². The Balaban J connectivity index is 1.55. The molecular weight excluding hydrogens is 278 g/mol. The van der Waals surface area contributed by atoms with Crippen LogP contribution in [0.3, 0.4) is 0 Å². The Morgan fingerprint density at radius 1 is 1.45 bits per heavy atom. The number of nitrogens with zero attached hydrogens (tertiary/aromatic N) is 5. The average molecular weight is 289 g/mol. The van der Waals surface area contributed by atoms with Gasteiger partial charge in [-0.25, -0.2) is 0 Å². The lowest BCUT2D eigenvalue weighted by molar-refractivity contribution is 0.111. The third kappa shape index (κ3) is 2.80. The largest absolute Gasteiger partial charge is 0.339 e. The second kappa shape index (κ2) is 5.74. The highest BCUT2D eigenvalue weighted by atomic mass is 32.1. The van der Waals surface area contributed by atoms with E-state index in [1.807, 2.05) is 17.5 Å². The summed E-state index contributed by atoms with van der Waals surface area (Å²) >= 11 is 1.57. The molecule has 3 aromatic rings. The summed E-state index contributed by atoms with van der Waals surface area (Å²) in [7, 11) is 0. The second-order valence-electron chi connectivity index (χ2n) is 4.12. The van der Waals surface area contributed by atoms with E-state index in [1.54, 1.807) is 22.2 Å². The predicted molar refractivity (Wildman–Crippen MR) is 71.3 cm³/mol. The summed E-state index contributed by atoms with van der Waals surface area (Å²) in [6.07, 6.45) is 3.73. The zero-order valence-electron chi connectivity index (χ0n) is 10.5. The van der Waals surface area contributed by atoms with Crippen LogP contribution in [0, 0.1) is 0 Å². The number of carbonyl (C=O) groups is 1. The van der Waals surface area contributed by atoms with Crippen LogP contribution >= 0.6 is 11.3 Å². The molecule has 0 atom stereocenters. The molecule has 0 aliphatic carbocycles. The van der Waals surface area contributed by atoms with E-state index in [0.29, 0.717) is 36.7 Å². The van der Waals surface area contributed by atoms with Crippen molar-refractivity contribution in [2.24, 2.45) is 0 Å². The number of rotatable bonds is 6. The topological polar surface area (TPSA) is 86.7 Å². The average Bonchev–Trinajstić information content (AvgIpc) is 3.20. The molecule has 8 heteroatoms. The lowest BCUT2D eigenvalue weighted by Crippen LogP contribution is -2.00. The van der Waals surface area contributed by atoms with Gasteiger partial charge >= 0.3 is 0 Å². The number of aldehydes is 1. The van der Waals surface area contributed by atoms with E-state index in [2.05, 4.69) is 20.5 Å². The third-order valence-electron chi connectivity index (χ3n) is 2.66. The summed E-state index contributed by atoms with van der Waals surface area (Å²) in [5.41, 5.74) is 0.336. The summed E-state index contributed by atoms with van der Waals surface area (Å²) in [6, 6.07) is 3.90. The summed E-state index contributed by atoms with van der Waals surface area (Å²) in [4.78, 5) is 15.8. The van der Waals surface area contributed by atoms with Crippen molar-refractivity contribution in [1.82, 2.24) is 25.1 Å². The van der Waals surface area contributed by atoms with E-state index in [9.17, 15) is 4.79 Å². The van der Waals surface area contributed by atoms with Crippen LogP contribution in [0.15, 0.2) is 28.2 Å². The van der Waals surface area contributed by atoms with Crippen LogP contribution in [0.25, 0.3) is 10.7 Å². The highest BCUT2D eigenvalue weighted by Crippen LogP contribution is 2.21. The van der Waals surface area contributed by atoms with Crippen LogP contribution in [0.4, 0.5) is 0 Å². The minimum Gasteiger partial charge on any atom is -0.339 e. The van der Waals surface area contributed by atoms with E-state index in [0.717, 1.165) is 11.3 Å². The zero-order chi connectivity index (χ0) is 13.8. The molecule has 0 aromatic carbocycles. The van der Waals surface area contributed by atoms with Gasteiger partial charge in [0.05, 0.1) is 11.1 Å². The van der Waals surface area contributed by atoms with Crippen molar-refractivity contribution in [1.29, 1.82) is 0 Å². The third-order valence-corrected chi connectivity index (χ3v) is 3.53. The highest BCUT2D eigenvalue weighted by Gasteiger charge is 2.09. The van der Waals surface area contributed by atoms with Gasteiger partial charge in [-0.3, -0.25) is 9.48 Å². The number of thiophene rings is 1.